The number of halogens is 2. The number of hydrogen-bond acceptors (Lipinski definition) is 1. The molecule has 5 heteroatoms. The molecule has 1 aromatic heterocycles. The molecule has 108 valence electrons. The lowest BCUT2D eigenvalue weighted by molar-refractivity contribution is 0.0792. The average Bonchev–Trinajstić information content (AvgIpc) is 3.09. The molecule has 0 unspecified atom stereocenters. The zero-order valence-corrected chi connectivity index (χ0v) is 14.7. The highest BCUT2D eigenvalue weighted by Gasteiger charge is 2.24. The summed E-state index contributed by atoms with van der Waals surface area (Å²) in [5, 5.41) is 0. The molecular weight excluding hydrogens is 396 g/mol. The molecule has 0 radical (unpaired) electrons. The second kappa shape index (κ2) is 5.81. The number of benzene rings is 1. The predicted molar refractivity (Wildman–Crippen MR) is 91.1 cm³/mol. The van der Waals surface area contributed by atoms with Crippen molar-refractivity contribution in [2.45, 2.75) is 0 Å². The van der Waals surface area contributed by atoms with E-state index in [1.165, 1.54) is 11.1 Å². The summed E-state index contributed by atoms with van der Waals surface area (Å²) in [4.78, 5) is 14.5. The van der Waals surface area contributed by atoms with E-state index in [-0.39, 0.29) is 5.91 Å². The maximum absolute atomic E-state index is 12.6. The first-order chi connectivity index (χ1) is 10.1. The van der Waals surface area contributed by atoms with Gasteiger partial charge in [-0.25, -0.2) is 0 Å². The van der Waals surface area contributed by atoms with E-state index in [0.29, 0.717) is 18.8 Å². The van der Waals surface area contributed by atoms with Crippen molar-refractivity contribution >= 4 is 43.3 Å². The Morgan fingerprint density at radius 2 is 1.90 bits per heavy atom. The Hall–Kier alpha value is -1.33. The lowest BCUT2D eigenvalue weighted by Gasteiger charge is -2.17. The van der Waals surface area contributed by atoms with Gasteiger partial charge in [0.05, 0.1) is 9.08 Å². The predicted octanol–water partition coefficient (Wildman–Crippen LogP) is 4.09. The molecule has 0 N–H and O–H groups in total. The monoisotopic (exact) mass is 408 g/mol. The van der Waals surface area contributed by atoms with Crippen molar-refractivity contribution in [3.8, 4) is 0 Å². The highest BCUT2D eigenvalue weighted by molar-refractivity contribution is 9.13. The molecule has 1 aromatic carbocycles. The molecule has 1 aliphatic rings. The molecule has 0 atom stereocenters. The van der Waals surface area contributed by atoms with E-state index in [0.717, 1.165) is 9.08 Å². The minimum atomic E-state index is 0.0473. The van der Waals surface area contributed by atoms with E-state index in [9.17, 15) is 4.79 Å². The molecule has 3 rings (SSSR count). The van der Waals surface area contributed by atoms with E-state index >= 15 is 0 Å². The highest BCUT2D eigenvalue weighted by Crippen LogP contribution is 2.28. The van der Waals surface area contributed by atoms with Crippen LogP contribution in [0.1, 0.15) is 16.1 Å². The Bertz CT molecular complexity index is 719. The number of rotatable bonds is 2. The zero-order valence-electron chi connectivity index (χ0n) is 11.5. The Morgan fingerprint density at radius 3 is 2.52 bits per heavy atom. The maximum atomic E-state index is 12.6. The van der Waals surface area contributed by atoms with Gasteiger partial charge in [0, 0.05) is 20.1 Å². The van der Waals surface area contributed by atoms with Crippen molar-refractivity contribution in [1.82, 2.24) is 9.47 Å². The summed E-state index contributed by atoms with van der Waals surface area (Å²) in [5.41, 5.74) is 3.06. The molecule has 0 bridgehead atoms. The standard InChI is InChI=1S/C16H14Br2N2O/c1-19-14(9-13(17)15(19)18)16(21)20-8-7-12(10-20)11-5-3-2-4-6-11/h2-7,9H,8,10H2,1H3. The summed E-state index contributed by atoms with van der Waals surface area (Å²) in [5.74, 6) is 0.0473. The molecule has 3 nitrogen and oxygen atoms in total. The molecule has 1 amide bonds. The summed E-state index contributed by atoms with van der Waals surface area (Å²) in [6.45, 7) is 1.31. The third-order valence-electron chi connectivity index (χ3n) is 3.69. The summed E-state index contributed by atoms with van der Waals surface area (Å²) < 4.78 is 3.62. The van der Waals surface area contributed by atoms with Gasteiger partial charge in [-0.3, -0.25) is 4.79 Å². The van der Waals surface area contributed by atoms with E-state index in [1.807, 2.05) is 40.8 Å². The van der Waals surface area contributed by atoms with Crippen LogP contribution in [-0.2, 0) is 7.05 Å². The largest absolute Gasteiger partial charge is 0.333 e. The number of amides is 1. The fraction of sp³-hybridized carbons (Fsp3) is 0.188. The molecular formula is C16H14Br2N2O. The van der Waals surface area contributed by atoms with Crippen LogP contribution in [0.5, 0.6) is 0 Å². The molecule has 2 aromatic rings. The number of aromatic nitrogens is 1. The Balaban J connectivity index is 1.79. The van der Waals surface area contributed by atoms with Crippen molar-refractivity contribution in [2.75, 3.05) is 13.1 Å². The second-order valence-corrected chi connectivity index (χ2v) is 6.61. The first kappa shape index (κ1) is 14.6. The first-order valence-corrected chi connectivity index (χ1v) is 8.21. The lowest BCUT2D eigenvalue weighted by atomic mass is 10.1. The number of hydrogen-bond donors (Lipinski definition) is 0. The quantitative estimate of drug-likeness (QED) is 0.733. The van der Waals surface area contributed by atoms with Crippen LogP contribution in [0.4, 0.5) is 0 Å². The molecule has 0 fully saturated rings. The van der Waals surface area contributed by atoms with Crippen molar-refractivity contribution in [2.24, 2.45) is 7.05 Å². The maximum Gasteiger partial charge on any atom is 0.271 e. The SMILES string of the molecule is Cn1c(C(=O)N2CC=C(c3ccccc3)C2)cc(Br)c1Br. The van der Waals surface area contributed by atoms with E-state index in [1.54, 1.807) is 0 Å². The third kappa shape index (κ3) is 2.72. The Labute approximate surface area is 140 Å². The highest BCUT2D eigenvalue weighted by atomic mass is 79.9. The topological polar surface area (TPSA) is 25.2 Å². The smallest absolute Gasteiger partial charge is 0.271 e. The van der Waals surface area contributed by atoms with Crippen molar-refractivity contribution in [3.63, 3.8) is 0 Å². The number of nitrogens with zero attached hydrogens (tertiary/aromatic N) is 2. The molecule has 2 heterocycles. The van der Waals surface area contributed by atoms with Crippen LogP contribution in [-0.4, -0.2) is 28.5 Å². The van der Waals surface area contributed by atoms with Gasteiger partial charge in [-0.05, 0) is 49.1 Å². The summed E-state index contributed by atoms with van der Waals surface area (Å²) in [7, 11) is 1.88. The molecule has 0 saturated carbocycles. The molecule has 0 aliphatic carbocycles. The van der Waals surface area contributed by atoms with Gasteiger partial charge in [0.2, 0.25) is 0 Å². The van der Waals surface area contributed by atoms with Gasteiger partial charge < -0.3 is 9.47 Å². The number of carbonyl (C=O) groups excluding carboxylic acids is 1. The van der Waals surface area contributed by atoms with Crippen molar-refractivity contribution in [1.29, 1.82) is 0 Å². The first-order valence-electron chi connectivity index (χ1n) is 6.62. The molecule has 21 heavy (non-hydrogen) atoms. The van der Waals surface area contributed by atoms with Crippen LogP contribution in [0.2, 0.25) is 0 Å². The van der Waals surface area contributed by atoms with Crippen molar-refractivity contribution < 1.29 is 4.79 Å². The van der Waals surface area contributed by atoms with Crippen LogP contribution in [0.15, 0.2) is 51.6 Å². The van der Waals surface area contributed by atoms with Crippen LogP contribution >= 0.6 is 31.9 Å². The van der Waals surface area contributed by atoms with E-state index in [4.69, 9.17) is 0 Å². The van der Waals surface area contributed by atoms with Gasteiger partial charge in [0.25, 0.3) is 5.91 Å². The fourth-order valence-electron chi connectivity index (χ4n) is 2.48. The molecule has 1 aliphatic heterocycles. The summed E-state index contributed by atoms with van der Waals surface area (Å²) >= 11 is 6.90. The minimum absolute atomic E-state index is 0.0473. The van der Waals surface area contributed by atoms with Gasteiger partial charge in [0.1, 0.15) is 5.69 Å². The van der Waals surface area contributed by atoms with Crippen molar-refractivity contribution in [3.05, 3.63) is 62.8 Å². The lowest BCUT2D eigenvalue weighted by Crippen LogP contribution is -2.30. The van der Waals surface area contributed by atoms with Crippen LogP contribution in [0.25, 0.3) is 5.57 Å². The van der Waals surface area contributed by atoms with Gasteiger partial charge in [-0.1, -0.05) is 36.4 Å². The van der Waals surface area contributed by atoms with Gasteiger partial charge in [-0.2, -0.15) is 0 Å². The third-order valence-corrected chi connectivity index (χ3v) is 5.78. The average molecular weight is 410 g/mol. The second-order valence-electron chi connectivity index (χ2n) is 5.01. The fourth-order valence-corrected chi connectivity index (χ4v) is 3.27. The van der Waals surface area contributed by atoms with E-state index in [2.05, 4.69) is 50.1 Å². The van der Waals surface area contributed by atoms with Gasteiger partial charge in [-0.15, -0.1) is 0 Å². The van der Waals surface area contributed by atoms with Crippen LogP contribution in [0, 0.1) is 0 Å². The minimum Gasteiger partial charge on any atom is -0.333 e. The Morgan fingerprint density at radius 1 is 1.19 bits per heavy atom. The van der Waals surface area contributed by atoms with Crippen LogP contribution in [0.3, 0.4) is 0 Å². The zero-order chi connectivity index (χ0) is 15.0. The van der Waals surface area contributed by atoms with E-state index < -0.39 is 0 Å². The normalized spacial score (nSPS) is 14.4. The molecule has 0 spiro atoms. The van der Waals surface area contributed by atoms with Crippen LogP contribution < -0.4 is 0 Å². The van der Waals surface area contributed by atoms with Gasteiger partial charge >= 0.3 is 0 Å². The number of carbonyl (C=O) groups is 1. The Kier molecular flexibility index (Phi) is 4.04. The molecule has 0 saturated heterocycles. The summed E-state index contributed by atoms with van der Waals surface area (Å²) in [6.07, 6.45) is 2.13. The summed E-state index contributed by atoms with van der Waals surface area (Å²) in [6, 6.07) is 12.1. The van der Waals surface area contributed by atoms with Gasteiger partial charge in [0.15, 0.2) is 0 Å².